The van der Waals surface area contributed by atoms with Gasteiger partial charge < -0.3 is 9.73 Å². The Morgan fingerprint density at radius 1 is 0.935 bits per heavy atom. The van der Waals surface area contributed by atoms with Crippen molar-refractivity contribution in [2.45, 2.75) is 50.8 Å². The summed E-state index contributed by atoms with van der Waals surface area (Å²) in [6.07, 6.45) is 0.637. The van der Waals surface area contributed by atoms with Crippen LogP contribution in [0.5, 0.6) is 0 Å². The highest BCUT2D eigenvalue weighted by atomic mass is 32.2. The molecule has 0 unspecified atom stereocenters. The van der Waals surface area contributed by atoms with E-state index in [2.05, 4.69) is 34.3 Å². The van der Waals surface area contributed by atoms with Crippen molar-refractivity contribution < 1.29 is 17.6 Å². The molecule has 0 aliphatic rings. The maximum Gasteiger partial charge on any atom is 0.287 e. The van der Waals surface area contributed by atoms with Crippen LogP contribution in [0.4, 0.5) is 0 Å². The van der Waals surface area contributed by atoms with E-state index in [0.717, 1.165) is 16.7 Å². The molecule has 31 heavy (non-hydrogen) atoms. The molecule has 2 N–H and O–H groups in total. The number of carbonyl (C=O) groups excluding carboxylic acids is 1. The predicted molar refractivity (Wildman–Crippen MR) is 121 cm³/mol. The lowest BCUT2D eigenvalue weighted by molar-refractivity contribution is 0.0906. The van der Waals surface area contributed by atoms with E-state index < -0.39 is 21.5 Å². The van der Waals surface area contributed by atoms with Gasteiger partial charge in [0.1, 0.15) is 0 Å². The summed E-state index contributed by atoms with van der Waals surface area (Å²) in [5.41, 5.74) is 2.72. The van der Waals surface area contributed by atoms with E-state index in [-0.39, 0.29) is 16.9 Å². The summed E-state index contributed by atoms with van der Waals surface area (Å²) >= 11 is 0. The third kappa shape index (κ3) is 6.29. The molecule has 1 heterocycles. The molecule has 3 aromatic rings. The first-order valence-corrected chi connectivity index (χ1v) is 11.6. The Morgan fingerprint density at radius 3 is 2.16 bits per heavy atom. The second kappa shape index (κ2) is 9.08. The average molecular weight is 441 g/mol. The molecule has 0 radical (unpaired) electrons. The molecule has 164 valence electrons. The number of amides is 1. The zero-order valence-electron chi connectivity index (χ0n) is 18.2. The highest BCUT2D eigenvalue weighted by Crippen LogP contribution is 2.20. The van der Waals surface area contributed by atoms with Gasteiger partial charge in [0, 0.05) is 11.6 Å². The Morgan fingerprint density at radius 2 is 1.55 bits per heavy atom. The van der Waals surface area contributed by atoms with Crippen LogP contribution in [0.2, 0.25) is 0 Å². The van der Waals surface area contributed by atoms with Crippen LogP contribution in [0, 0.1) is 0 Å². The highest BCUT2D eigenvalue weighted by molar-refractivity contribution is 7.89. The number of furan rings is 1. The molecule has 7 heteroatoms. The standard InChI is InChI=1S/C24H28N2O4S/c1-17(16-18-10-12-20(13-11-18)19-8-6-5-7-9-19)25-23(27)21-14-15-22(30-21)31(28,29)26-24(2,3)4/h5-15,17,26H,16H2,1-4H3,(H,25,27)/t17-/m0/s1. The van der Waals surface area contributed by atoms with Crippen LogP contribution in [0.15, 0.2) is 76.2 Å². The minimum Gasteiger partial charge on any atom is -0.438 e. The van der Waals surface area contributed by atoms with Gasteiger partial charge in [0.25, 0.3) is 15.9 Å². The summed E-state index contributed by atoms with van der Waals surface area (Å²) in [6.45, 7) is 7.09. The van der Waals surface area contributed by atoms with Gasteiger partial charge in [-0.05, 0) is 62.9 Å². The Balaban J connectivity index is 1.60. The first kappa shape index (κ1) is 22.8. The first-order valence-electron chi connectivity index (χ1n) is 10.1. The van der Waals surface area contributed by atoms with Gasteiger partial charge in [0.05, 0.1) is 0 Å². The molecule has 6 nitrogen and oxygen atoms in total. The molecule has 1 amide bonds. The molecule has 2 aromatic carbocycles. The summed E-state index contributed by atoms with van der Waals surface area (Å²) in [5, 5.41) is 2.58. The number of benzene rings is 2. The van der Waals surface area contributed by atoms with Gasteiger partial charge in [-0.25, -0.2) is 13.1 Å². The monoisotopic (exact) mass is 440 g/mol. The number of hydrogen-bond donors (Lipinski definition) is 2. The van der Waals surface area contributed by atoms with Crippen molar-refractivity contribution >= 4 is 15.9 Å². The molecule has 3 rings (SSSR count). The van der Waals surface area contributed by atoms with Crippen molar-refractivity contribution in [3.63, 3.8) is 0 Å². The van der Waals surface area contributed by atoms with Crippen molar-refractivity contribution in [2.75, 3.05) is 0 Å². The van der Waals surface area contributed by atoms with Crippen LogP contribution < -0.4 is 10.0 Å². The van der Waals surface area contributed by atoms with Crippen LogP contribution in [-0.2, 0) is 16.4 Å². The van der Waals surface area contributed by atoms with Crippen molar-refractivity contribution in [3.05, 3.63) is 78.1 Å². The molecular weight excluding hydrogens is 412 g/mol. The van der Waals surface area contributed by atoms with Gasteiger partial charge in [-0.2, -0.15) is 0 Å². The van der Waals surface area contributed by atoms with Gasteiger partial charge in [0.2, 0.25) is 5.09 Å². The van der Waals surface area contributed by atoms with Crippen molar-refractivity contribution in [1.29, 1.82) is 0 Å². The summed E-state index contributed by atoms with van der Waals surface area (Å²) < 4.78 is 32.5. The third-order valence-electron chi connectivity index (χ3n) is 4.49. The van der Waals surface area contributed by atoms with E-state index in [1.165, 1.54) is 12.1 Å². The zero-order valence-corrected chi connectivity index (χ0v) is 19.0. The van der Waals surface area contributed by atoms with Crippen molar-refractivity contribution in [1.82, 2.24) is 10.0 Å². The number of sulfonamides is 1. The van der Waals surface area contributed by atoms with E-state index >= 15 is 0 Å². The average Bonchev–Trinajstić information content (AvgIpc) is 3.19. The molecule has 0 saturated carbocycles. The lowest BCUT2D eigenvalue weighted by Gasteiger charge is -2.19. The second-order valence-corrected chi connectivity index (χ2v) is 10.2. The molecule has 0 bridgehead atoms. The largest absolute Gasteiger partial charge is 0.438 e. The van der Waals surface area contributed by atoms with Crippen LogP contribution >= 0.6 is 0 Å². The maximum absolute atomic E-state index is 12.5. The lowest BCUT2D eigenvalue weighted by Crippen LogP contribution is -2.40. The fourth-order valence-electron chi connectivity index (χ4n) is 3.20. The van der Waals surface area contributed by atoms with E-state index in [0.29, 0.717) is 6.42 Å². The molecule has 0 aliphatic heterocycles. The van der Waals surface area contributed by atoms with E-state index in [1.54, 1.807) is 20.8 Å². The predicted octanol–water partition coefficient (Wildman–Crippen LogP) is 4.38. The van der Waals surface area contributed by atoms with Crippen LogP contribution in [-0.4, -0.2) is 25.9 Å². The summed E-state index contributed by atoms with van der Waals surface area (Å²) in [5.74, 6) is -0.494. The fourth-order valence-corrected chi connectivity index (χ4v) is 4.56. The minimum absolute atomic E-state index is 0.0411. The van der Waals surface area contributed by atoms with Crippen LogP contribution in [0.25, 0.3) is 11.1 Å². The van der Waals surface area contributed by atoms with Gasteiger partial charge in [0.15, 0.2) is 5.76 Å². The Hall–Kier alpha value is -2.90. The van der Waals surface area contributed by atoms with Gasteiger partial charge >= 0.3 is 0 Å². The van der Waals surface area contributed by atoms with Crippen LogP contribution in [0.1, 0.15) is 43.8 Å². The number of nitrogens with one attached hydrogen (secondary N) is 2. The van der Waals surface area contributed by atoms with Gasteiger partial charge in [-0.3, -0.25) is 4.79 Å². The number of rotatable bonds is 7. The Labute approximate surface area is 183 Å². The normalized spacial score (nSPS) is 13.0. The quantitative estimate of drug-likeness (QED) is 0.570. The molecule has 1 atom stereocenters. The molecule has 0 fully saturated rings. The Kier molecular flexibility index (Phi) is 6.67. The molecule has 0 saturated heterocycles. The molecule has 0 aliphatic carbocycles. The molecule has 0 spiro atoms. The van der Waals surface area contributed by atoms with E-state index in [1.807, 2.05) is 37.3 Å². The summed E-state index contributed by atoms with van der Waals surface area (Å²) in [7, 11) is -3.83. The highest BCUT2D eigenvalue weighted by Gasteiger charge is 2.26. The van der Waals surface area contributed by atoms with E-state index in [4.69, 9.17) is 4.42 Å². The minimum atomic E-state index is -3.83. The van der Waals surface area contributed by atoms with Gasteiger partial charge in [-0.15, -0.1) is 0 Å². The first-order chi connectivity index (χ1) is 14.5. The molecule has 1 aromatic heterocycles. The zero-order chi connectivity index (χ0) is 22.6. The van der Waals surface area contributed by atoms with E-state index in [9.17, 15) is 13.2 Å². The SMILES string of the molecule is C[C@@H](Cc1ccc(-c2ccccc2)cc1)NC(=O)c1ccc(S(=O)(=O)NC(C)(C)C)o1. The Bertz CT molecular complexity index is 1130. The number of hydrogen-bond acceptors (Lipinski definition) is 4. The third-order valence-corrected chi connectivity index (χ3v) is 6.12. The van der Waals surface area contributed by atoms with Crippen LogP contribution in [0.3, 0.4) is 0 Å². The second-order valence-electron chi connectivity index (χ2n) is 8.62. The lowest BCUT2D eigenvalue weighted by atomic mass is 10.0. The van der Waals surface area contributed by atoms with Crippen molar-refractivity contribution in [2.24, 2.45) is 0 Å². The smallest absolute Gasteiger partial charge is 0.287 e. The number of carbonyl (C=O) groups is 1. The van der Waals surface area contributed by atoms with Gasteiger partial charge in [-0.1, -0.05) is 54.6 Å². The fraction of sp³-hybridized carbons (Fsp3) is 0.292. The topological polar surface area (TPSA) is 88.4 Å². The summed E-state index contributed by atoms with van der Waals surface area (Å²) in [4.78, 5) is 12.5. The van der Waals surface area contributed by atoms with Crippen molar-refractivity contribution in [3.8, 4) is 11.1 Å². The molecular formula is C24H28N2O4S. The summed E-state index contributed by atoms with van der Waals surface area (Å²) in [6, 6.07) is 20.8. The maximum atomic E-state index is 12.5.